The molecule has 0 aromatic rings. The standard InChI is InChI=1S/C52H94O15/c1-17-33-24(8)23(7)27(11)48(58-33)64-45-31(15)40(54)51(61-37(45)21-5)67-43-26(10)29(13)50(60-36(43)20-4)65-46-32(16)41(55)52(62-38(46)22-6)66-42-25(9)28(12)49(59-35(42)19-3)63-44-30(14)39(53)47(56)57-34(44)18-2/h23-56H,17-22H2,1-16H3/t23?,24-,25?,26+,27?,28?,29?,30?,31?,32+,33?,34?,35?,36?,37?,38?,39?,40?,41?,42-,43+,44-,45-,46+,47-,48+,49+,50-,51+,52-/m0/s1. The predicted molar refractivity (Wildman–Crippen MR) is 250 cm³/mol. The van der Waals surface area contributed by atoms with Crippen LogP contribution in [0.3, 0.4) is 0 Å². The van der Waals surface area contributed by atoms with Gasteiger partial charge in [-0.2, -0.15) is 0 Å². The summed E-state index contributed by atoms with van der Waals surface area (Å²) in [4.78, 5) is 0. The lowest BCUT2D eigenvalue weighted by molar-refractivity contribution is -0.374. The Morgan fingerprint density at radius 1 is 0.269 bits per heavy atom. The highest BCUT2D eigenvalue weighted by atomic mass is 16.8. The van der Waals surface area contributed by atoms with Gasteiger partial charge in [0.1, 0.15) is 18.3 Å². The second-order valence-electron chi connectivity index (χ2n) is 21.8. The third-order valence-corrected chi connectivity index (χ3v) is 17.8. The van der Waals surface area contributed by atoms with Gasteiger partial charge in [0.2, 0.25) is 0 Å². The van der Waals surface area contributed by atoms with Crippen molar-refractivity contribution in [2.45, 2.75) is 273 Å². The van der Waals surface area contributed by atoms with Gasteiger partial charge in [-0.1, -0.05) is 111 Å². The zero-order valence-corrected chi connectivity index (χ0v) is 43.8. The number of ether oxygens (including phenoxy) is 11. The molecule has 30 atom stereocenters. The molecule has 6 fully saturated rings. The molecular weight excluding hydrogens is 865 g/mol. The summed E-state index contributed by atoms with van der Waals surface area (Å²) in [7, 11) is 0. The number of aliphatic hydroxyl groups excluding tert-OH is 4. The van der Waals surface area contributed by atoms with Gasteiger partial charge in [-0.05, 0) is 62.2 Å². The van der Waals surface area contributed by atoms with Crippen LogP contribution in [-0.4, -0.2) is 144 Å². The molecule has 4 N–H and O–H groups in total. The highest BCUT2D eigenvalue weighted by molar-refractivity contribution is 4.96. The third-order valence-electron chi connectivity index (χ3n) is 17.8. The zero-order valence-electron chi connectivity index (χ0n) is 43.8. The van der Waals surface area contributed by atoms with Crippen LogP contribution in [-0.2, 0) is 52.1 Å². The minimum atomic E-state index is -1.26. The molecule has 15 nitrogen and oxygen atoms in total. The number of hydrogen-bond donors (Lipinski definition) is 4. The van der Waals surface area contributed by atoms with Gasteiger partial charge < -0.3 is 72.5 Å². The molecule has 15 heteroatoms. The van der Waals surface area contributed by atoms with E-state index in [1.54, 1.807) is 0 Å². The molecule has 392 valence electrons. The Kier molecular flexibility index (Phi) is 19.9. The SMILES string of the molecule is CCC1O[C@H](O[C@@H]2C(CC)O[C@H](O[C@H]3C(CC)O[C@@H](O[C@H]4C(CC)O[C@@H](O[C@@H]5C(CC)O[C@H](O[C@@H]6C(CC)O[C@H](O)C(O)C6C)C(C)C5C)C(O)[C@H]4C)C(C)[C@H]3C)C(O)C2C)C(C)C(C)[C@@H]1C. The van der Waals surface area contributed by atoms with E-state index >= 15 is 0 Å². The van der Waals surface area contributed by atoms with E-state index in [9.17, 15) is 20.4 Å². The summed E-state index contributed by atoms with van der Waals surface area (Å²) in [6, 6.07) is 0. The molecule has 6 heterocycles. The Morgan fingerprint density at radius 2 is 0.522 bits per heavy atom. The van der Waals surface area contributed by atoms with Crippen molar-refractivity contribution in [3.05, 3.63) is 0 Å². The maximum atomic E-state index is 11.9. The Morgan fingerprint density at radius 3 is 0.866 bits per heavy atom. The van der Waals surface area contributed by atoms with Crippen molar-refractivity contribution >= 4 is 0 Å². The average Bonchev–Trinajstić information content (AvgIpc) is 3.32. The van der Waals surface area contributed by atoms with Crippen molar-refractivity contribution < 1.29 is 72.5 Å². The van der Waals surface area contributed by atoms with E-state index < -0.39 is 68.1 Å². The van der Waals surface area contributed by atoms with Gasteiger partial charge in [0.25, 0.3) is 0 Å². The van der Waals surface area contributed by atoms with E-state index in [0.29, 0.717) is 43.9 Å². The van der Waals surface area contributed by atoms with Gasteiger partial charge in [0.05, 0.1) is 67.1 Å². The molecule has 67 heavy (non-hydrogen) atoms. The number of rotatable bonds is 16. The number of aliphatic hydroxyl groups is 4. The Hall–Kier alpha value is -0.600. The van der Waals surface area contributed by atoms with Crippen LogP contribution in [0.4, 0.5) is 0 Å². The van der Waals surface area contributed by atoms with Crippen molar-refractivity contribution in [2.24, 2.45) is 59.2 Å². The molecule has 0 amide bonds. The van der Waals surface area contributed by atoms with Gasteiger partial charge in [0, 0.05) is 35.5 Å². The summed E-state index contributed by atoms with van der Waals surface area (Å²) >= 11 is 0. The first kappa shape index (κ1) is 55.7. The molecular formula is C52H94O15. The van der Waals surface area contributed by atoms with Gasteiger partial charge in [-0.15, -0.1) is 0 Å². The zero-order chi connectivity index (χ0) is 49.3. The van der Waals surface area contributed by atoms with Crippen LogP contribution in [0.5, 0.6) is 0 Å². The fourth-order valence-electron chi connectivity index (χ4n) is 12.0. The fraction of sp³-hybridized carbons (Fsp3) is 1.00. The summed E-state index contributed by atoms with van der Waals surface area (Å²) in [5.41, 5.74) is 0. The van der Waals surface area contributed by atoms with Gasteiger partial charge in [0.15, 0.2) is 37.7 Å². The molecule has 0 saturated carbocycles. The molecule has 0 bridgehead atoms. The lowest BCUT2D eigenvalue weighted by Crippen LogP contribution is -2.62. The topological polar surface area (TPSA) is 182 Å². The Balaban J connectivity index is 1.07. The van der Waals surface area contributed by atoms with Crippen LogP contribution in [0, 0.1) is 59.2 Å². The normalized spacial score (nSPS) is 53.4. The summed E-state index contributed by atoms with van der Waals surface area (Å²) in [6.45, 7) is 33.4. The van der Waals surface area contributed by atoms with E-state index in [2.05, 4.69) is 76.2 Å². The quantitative estimate of drug-likeness (QED) is 0.122. The van der Waals surface area contributed by atoms with Crippen molar-refractivity contribution in [1.29, 1.82) is 0 Å². The molecule has 16 unspecified atom stereocenters. The highest BCUT2D eigenvalue weighted by Gasteiger charge is 2.54. The molecule has 0 aromatic carbocycles. The first-order chi connectivity index (χ1) is 31.8. The lowest BCUT2D eigenvalue weighted by atomic mass is 9.78. The Labute approximate surface area is 403 Å². The molecule has 0 aliphatic carbocycles. The van der Waals surface area contributed by atoms with Crippen molar-refractivity contribution in [3.63, 3.8) is 0 Å². The van der Waals surface area contributed by atoms with E-state index in [1.807, 2.05) is 34.6 Å². The minimum absolute atomic E-state index is 0.0253. The lowest BCUT2D eigenvalue weighted by Gasteiger charge is -2.52. The van der Waals surface area contributed by atoms with Crippen LogP contribution in [0.25, 0.3) is 0 Å². The first-order valence-electron chi connectivity index (χ1n) is 26.7. The number of hydrogen-bond acceptors (Lipinski definition) is 15. The minimum Gasteiger partial charge on any atom is -0.387 e. The van der Waals surface area contributed by atoms with E-state index in [4.69, 9.17) is 52.1 Å². The van der Waals surface area contributed by atoms with Crippen LogP contribution in [0.15, 0.2) is 0 Å². The molecule has 0 radical (unpaired) electrons. The maximum Gasteiger partial charge on any atom is 0.184 e. The average molecular weight is 959 g/mol. The van der Waals surface area contributed by atoms with E-state index in [1.165, 1.54) is 0 Å². The largest absolute Gasteiger partial charge is 0.387 e. The van der Waals surface area contributed by atoms with Crippen LogP contribution < -0.4 is 0 Å². The van der Waals surface area contributed by atoms with Crippen LogP contribution >= 0.6 is 0 Å². The van der Waals surface area contributed by atoms with Crippen molar-refractivity contribution in [3.8, 4) is 0 Å². The fourth-order valence-corrected chi connectivity index (χ4v) is 12.0. The van der Waals surface area contributed by atoms with E-state index in [-0.39, 0.29) is 102 Å². The summed E-state index contributed by atoms with van der Waals surface area (Å²) < 4.78 is 72.7. The summed E-state index contributed by atoms with van der Waals surface area (Å²) in [5, 5.41) is 44.6. The van der Waals surface area contributed by atoms with Crippen molar-refractivity contribution in [2.75, 3.05) is 0 Å². The molecule has 0 aromatic heterocycles. The maximum absolute atomic E-state index is 11.9. The second kappa shape index (κ2) is 24.0. The van der Waals surface area contributed by atoms with Gasteiger partial charge in [-0.3, -0.25) is 0 Å². The van der Waals surface area contributed by atoms with Gasteiger partial charge >= 0.3 is 0 Å². The second-order valence-corrected chi connectivity index (χ2v) is 21.8. The molecule has 6 rings (SSSR count). The highest BCUT2D eigenvalue weighted by Crippen LogP contribution is 2.45. The first-order valence-corrected chi connectivity index (χ1v) is 26.7. The van der Waals surface area contributed by atoms with Crippen LogP contribution in [0.2, 0.25) is 0 Å². The summed E-state index contributed by atoms with van der Waals surface area (Å²) in [6.07, 6.45) is -7.08. The van der Waals surface area contributed by atoms with Crippen molar-refractivity contribution in [1.82, 2.24) is 0 Å². The van der Waals surface area contributed by atoms with E-state index in [0.717, 1.165) is 6.42 Å². The smallest absolute Gasteiger partial charge is 0.184 e. The third kappa shape index (κ3) is 11.5. The molecule has 6 saturated heterocycles. The molecule has 6 aliphatic heterocycles. The van der Waals surface area contributed by atoms with Gasteiger partial charge in [-0.25, -0.2) is 0 Å². The predicted octanol–water partition coefficient (Wildman–Crippen LogP) is 7.16. The summed E-state index contributed by atoms with van der Waals surface area (Å²) in [5.74, 6) is -0.167. The monoisotopic (exact) mass is 959 g/mol. The Bertz CT molecular complexity index is 1480. The molecule has 6 aliphatic rings. The molecule has 0 spiro atoms. The van der Waals surface area contributed by atoms with Crippen LogP contribution in [0.1, 0.15) is 149 Å².